The number of ether oxygens (including phenoxy) is 1. The molecule has 0 aromatic heterocycles. The summed E-state index contributed by atoms with van der Waals surface area (Å²) in [4.78, 5) is 14.8. The zero-order valence-corrected chi connectivity index (χ0v) is 12.1. The normalized spacial score (nSPS) is 20.5. The number of nitrogens with zero attached hydrogens (tertiary/aromatic N) is 1. The van der Waals surface area contributed by atoms with Crippen LogP contribution in [0.15, 0.2) is 18.2 Å². The molecule has 0 radical (unpaired) electrons. The first-order valence-corrected chi connectivity index (χ1v) is 7.07. The van der Waals surface area contributed by atoms with Crippen molar-refractivity contribution >= 4 is 5.78 Å². The molecule has 1 aliphatic heterocycles. The third kappa shape index (κ3) is 3.43. The van der Waals surface area contributed by atoms with Gasteiger partial charge in [0.05, 0.1) is 6.61 Å². The molecule has 3 nitrogen and oxygen atoms in total. The fourth-order valence-electron chi connectivity index (χ4n) is 2.46. The Morgan fingerprint density at radius 2 is 2.16 bits per heavy atom. The van der Waals surface area contributed by atoms with Gasteiger partial charge in [-0.1, -0.05) is 19.1 Å². The van der Waals surface area contributed by atoms with E-state index in [1.165, 1.54) is 5.56 Å². The Morgan fingerprint density at radius 1 is 1.37 bits per heavy atom. The molecule has 0 spiro atoms. The molecule has 1 heterocycles. The number of aryl methyl sites for hydroxylation is 2. The van der Waals surface area contributed by atoms with Crippen LogP contribution in [0.2, 0.25) is 0 Å². The Hall–Kier alpha value is -1.19. The third-order valence-electron chi connectivity index (χ3n) is 3.77. The number of carbonyl (C=O) groups excluding carboxylic acids is 1. The summed E-state index contributed by atoms with van der Waals surface area (Å²) in [5.41, 5.74) is 3.15. The van der Waals surface area contributed by atoms with Crippen molar-refractivity contribution in [2.45, 2.75) is 33.3 Å². The van der Waals surface area contributed by atoms with Gasteiger partial charge >= 0.3 is 0 Å². The lowest BCUT2D eigenvalue weighted by Crippen LogP contribution is -2.46. The summed E-state index contributed by atoms with van der Waals surface area (Å²) in [7, 11) is 0. The van der Waals surface area contributed by atoms with Crippen molar-refractivity contribution < 1.29 is 9.53 Å². The number of rotatable bonds is 4. The second-order valence-corrected chi connectivity index (χ2v) is 5.32. The predicted molar refractivity (Wildman–Crippen MR) is 76.7 cm³/mol. The summed E-state index contributed by atoms with van der Waals surface area (Å²) in [6.07, 6.45) is 0.812. The van der Waals surface area contributed by atoms with Gasteiger partial charge in [-0.3, -0.25) is 9.69 Å². The van der Waals surface area contributed by atoms with E-state index in [0.29, 0.717) is 6.61 Å². The van der Waals surface area contributed by atoms with Crippen LogP contribution < -0.4 is 0 Å². The summed E-state index contributed by atoms with van der Waals surface area (Å²) in [5, 5.41) is 0. The number of ketones is 1. The number of hydrogen-bond acceptors (Lipinski definition) is 3. The SMILES string of the molecule is CCCN1CCOC(C(=O)c2ccc(C)c(C)c2)C1. The van der Waals surface area contributed by atoms with Gasteiger partial charge in [0.1, 0.15) is 6.10 Å². The molecule has 104 valence electrons. The van der Waals surface area contributed by atoms with Crippen molar-refractivity contribution in [1.29, 1.82) is 0 Å². The highest BCUT2D eigenvalue weighted by Crippen LogP contribution is 2.15. The van der Waals surface area contributed by atoms with E-state index in [4.69, 9.17) is 4.74 Å². The van der Waals surface area contributed by atoms with Gasteiger partial charge in [-0.05, 0) is 44.0 Å². The van der Waals surface area contributed by atoms with Gasteiger partial charge in [-0.25, -0.2) is 0 Å². The van der Waals surface area contributed by atoms with Gasteiger partial charge in [0, 0.05) is 18.7 Å². The molecule has 0 N–H and O–H groups in total. The zero-order chi connectivity index (χ0) is 13.8. The van der Waals surface area contributed by atoms with Crippen molar-refractivity contribution in [1.82, 2.24) is 4.90 Å². The highest BCUT2D eigenvalue weighted by atomic mass is 16.5. The maximum atomic E-state index is 12.5. The van der Waals surface area contributed by atoms with Gasteiger partial charge in [0.25, 0.3) is 0 Å². The Labute approximate surface area is 115 Å². The van der Waals surface area contributed by atoms with E-state index in [1.807, 2.05) is 25.1 Å². The van der Waals surface area contributed by atoms with Crippen LogP contribution in [0, 0.1) is 13.8 Å². The summed E-state index contributed by atoms with van der Waals surface area (Å²) in [5.74, 6) is 0.115. The van der Waals surface area contributed by atoms with Crippen molar-refractivity contribution in [3.63, 3.8) is 0 Å². The molecule has 0 aliphatic carbocycles. The lowest BCUT2D eigenvalue weighted by Gasteiger charge is -2.31. The molecule has 3 heteroatoms. The van der Waals surface area contributed by atoms with Crippen LogP contribution in [-0.2, 0) is 4.74 Å². The van der Waals surface area contributed by atoms with Crippen LogP contribution in [0.5, 0.6) is 0 Å². The topological polar surface area (TPSA) is 29.5 Å². The van der Waals surface area contributed by atoms with Crippen LogP contribution >= 0.6 is 0 Å². The van der Waals surface area contributed by atoms with E-state index < -0.39 is 0 Å². The summed E-state index contributed by atoms with van der Waals surface area (Å²) >= 11 is 0. The van der Waals surface area contributed by atoms with E-state index in [9.17, 15) is 4.79 Å². The first-order chi connectivity index (χ1) is 9.11. The van der Waals surface area contributed by atoms with Crippen LogP contribution in [0.25, 0.3) is 0 Å². The van der Waals surface area contributed by atoms with Crippen LogP contribution in [-0.4, -0.2) is 43.0 Å². The number of benzene rings is 1. The minimum Gasteiger partial charge on any atom is -0.367 e. The Bertz CT molecular complexity index is 454. The van der Waals surface area contributed by atoms with Crippen LogP contribution in [0.4, 0.5) is 0 Å². The third-order valence-corrected chi connectivity index (χ3v) is 3.77. The van der Waals surface area contributed by atoms with Gasteiger partial charge in [0.15, 0.2) is 5.78 Å². The van der Waals surface area contributed by atoms with E-state index in [1.54, 1.807) is 0 Å². The van der Waals surface area contributed by atoms with Crippen molar-refractivity contribution in [2.75, 3.05) is 26.2 Å². The van der Waals surface area contributed by atoms with E-state index in [-0.39, 0.29) is 11.9 Å². The van der Waals surface area contributed by atoms with Gasteiger partial charge in [-0.15, -0.1) is 0 Å². The largest absolute Gasteiger partial charge is 0.367 e. The summed E-state index contributed by atoms with van der Waals surface area (Å²) in [6.45, 7) is 9.61. The van der Waals surface area contributed by atoms with Gasteiger partial charge < -0.3 is 4.74 Å². The summed E-state index contributed by atoms with van der Waals surface area (Å²) < 4.78 is 5.65. The number of Topliss-reactive ketones (excluding diaryl/α,β-unsaturated/α-hetero) is 1. The lowest BCUT2D eigenvalue weighted by atomic mass is 10.00. The molecular formula is C16H23NO2. The molecule has 19 heavy (non-hydrogen) atoms. The zero-order valence-electron chi connectivity index (χ0n) is 12.1. The van der Waals surface area contributed by atoms with Crippen molar-refractivity contribution in [2.24, 2.45) is 0 Å². The number of carbonyl (C=O) groups is 1. The average molecular weight is 261 g/mol. The molecule has 0 amide bonds. The van der Waals surface area contributed by atoms with Crippen molar-refractivity contribution in [3.8, 4) is 0 Å². The standard InChI is InChI=1S/C16H23NO2/c1-4-7-17-8-9-19-15(11-17)16(18)14-6-5-12(2)13(3)10-14/h5-6,10,15H,4,7-9,11H2,1-3H3. The van der Waals surface area contributed by atoms with Crippen LogP contribution in [0.3, 0.4) is 0 Å². The fraction of sp³-hybridized carbons (Fsp3) is 0.562. The van der Waals surface area contributed by atoms with E-state index in [0.717, 1.165) is 37.2 Å². The second kappa shape index (κ2) is 6.31. The Kier molecular flexibility index (Phi) is 4.72. The first kappa shape index (κ1) is 14.2. The highest BCUT2D eigenvalue weighted by molar-refractivity contribution is 5.99. The second-order valence-electron chi connectivity index (χ2n) is 5.32. The average Bonchev–Trinajstić information content (AvgIpc) is 2.42. The monoisotopic (exact) mass is 261 g/mol. The molecule has 1 atom stereocenters. The van der Waals surface area contributed by atoms with E-state index >= 15 is 0 Å². The number of hydrogen-bond donors (Lipinski definition) is 0. The molecule has 2 rings (SSSR count). The molecular weight excluding hydrogens is 238 g/mol. The predicted octanol–water partition coefficient (Wildman–Crippen LogP) is 2.60. The molecule has 1 aromatic carbocycles. The highest BCUT2D eigenvalue weighted by Gasteiger charge is 2.27. The molecule has 0 bridgehead atoms. The van der Waals surface area contributed by atoms with Gasteiger partial charge in [-0.2, -0.15) is 0 Å². The fourth-order valence-corrected chi connectivity index (χ4v) is 2.46. The van der Waals surface area contributed by atoms with E-state index in [2.05, 4.69) is 18.7 Å². The number of morpholine rings is 1. The molecule has 1 unspecified atom stereocenters. The quantitative estimate of drug-likeness (QED) is 0.780. The molecule has 1 saturated heterocycles. The molecule has 1 aromatic rings. The lowest BCUT2D eigenvalue weighted by molar-refractivity contribution is -0.0163. The smallest absolute Gasteiger partial charge is 0.192 e. The maximum absolute atomic E-state index is 12.5. The summed E-state index contributed by atoms with van der Waals surface area (Å²) in [6, 6.07) is 5.89. The minimum atomic E-state index is -0.303. The molecule has 1 fully saturated rings. The minimum absolute atomic E-state index is 0.115. The maximum Gasteiger partial charge on any atom is 0.192 e. The van der Waals surface area contributed by atoms with Gasteiger partial charge in [0.2, 0.25) is 0 Å². The Morgan fingerprint density at radius 3 is 2.84 bits per heavy atom. The van der Waals surface area contributed by atoms with Crippen LogP contribution in [0.1, 0.15) is 34.8 Å². The Balaban J connectivity index is 2.08. The van der Waals surface area contributed by atoms with Crippen molar-refractivity contribution in [3.05, 3.63) is 34.9 Å². The first-order valence-electron chi connectivity index (χ1n) is 7.07. The molecule has 1 aliphatic rings. The molecule has 0 saturated carbocycles.